The second-order valence-corrected chi connectivity index (χ2v) is 7.29. The zero-order valence-corrected chi connectivity index (χ0v) is 14.2. The maximum absolute atomic E-state index is 9.71. The molecule has 2 aromatic heterocycles. The Morgan fingerprint density at radius 3 is 2.76 bits per heavy atom. The molecule has 2 aliphatic rings. The highest BCUT2D eigenvalue weighted by Crippen LogP contribution is 2.43. The van der Waals surface area contributed by atoms with Crippen LogP contribution in [0.4, 0.5) is 0 Å². The van der Waals surface area contributed by atoms with E-state index in [4.69, 9.17) is 0 Å². The van der Waals surface area contributed by atoms with Crippen molar-refractivity contribution in [2.45, 2.75) is 44.3 Å². The minimum atomic E-state index is 0.498. The Bertz CT molecular complexity index is 974. The Balaban J connectivity index is 1.53. The molecule has 1 fully saturated rings. The first-order valence-electron chi connectivity index (χ1n) is 9.17. The number of aryl methyl sites for hydroxylation is 1. The summed E-state index contributed by atoms with van der Waals surface area (Å²) in [5.41, 5.74) is 6.00. The van der Waals surface area contributed by atoms with Crippen LogP contribution in [0.5, 0.6) is 0 Å². The minimum Gasteiger partial charge on any atom is -0.322 e. The van der Waals surface area contributed by atoms with Crippen molar-refractivity contribution in [3.05, 3.63) is 77.1 Å². The molecule has 5 rings (SSSR count). The molecule has 25 heavy (non-hydrogen) atoms. The highest BCUT2D eigenvalue weighted by atomic mass is 15.2. The lowest BCUT2D eigenvalue weighted by Crippen LogP contribution is -2.29. The molecule has 3 heteroatoms. The van der Waals surface area contributed by atoms with Crippen molar-refractivity contribution in [1.29, 1.82) is 5.26 Å². The first-order chi connectivity index (χ1) is 12.3. The van der Waals surface area contributed by atoms with Gasteiger partial charge >= 0.3 is 0 Å². The van der Waals surface area contributed by atoms with E-state index in [1.165, 1.54) is 36.8 Å². The van der Waals surface area contributed by atoms with Gasteiger partial charge in [0.1, 0.15) is 6.07 Å². The Morgan fingerprint density at radius 1 is 1.08 bits per heavy atom. The molecule has 1 atom stereocenters. The van der Waals surface area contributed by atoms with Gasteiger partial charge in [-0.2, -0.15) is 5.26 Å². The Kier molecular flexibility index (Phi) is 3.39. The molecule has 3 aromatic rings. The Morgan fingerprint density at radius 2 is 1.92 bits per heavy atom. The van der Waals surface area contributed by atoms with E-state index in [0.717, 1.165) is 23.2 Å². The van der Waals surface area contributed by atoms with Crippen LogP contribution >= 0.6 is 0 Å². The zero-order valence-electron chi connectivity index (χ0n) is 14.2. The fraction of sp³-hybridized carbons (Fsp3) is 0.318. The van der Waals surface area contributed by atoms with Gasteiger partial charge in [0.05, 0.1) is 11.1 Å². The van der Waals surface area contributed by atoms with Crippen LogP contribution in [0.2, 0.25) is 0 Å². The maximum atomic E-state index is 9.71. The lowest BCUT2D eigenvalue weighted by Gasteiger charge is -2.29. The number of aromatic nitrogens is 1. The van der Waals surface area contributed by atoms with Crippen LogP contribution < -0.4 is 0 Å². The molecule has 0 amide bonds. The smallest absolute Gasteiger partial charge is 0.102 e. The summed E-state index contributed by atoms with van der Waals surface area (Å²) in [6.07, 6.45) is 9.12. The zero-order chi connectivity index (χ0) is 16.8. The molecule has 0 aliphatic heterocycles. The summed E-state index contributed by atoms with van der Waals surface area (Å²) >= 11 is 0. The van der Waals surface area contributed by atoms with Gasteiger partial charge in [-0.15, -0.1) is 0 Å². The molecular formula is C22H21N3. The average molecular weight is 327 g/mol. The summed E-state index contributed by atoms with van der Waals surface area (Å²) in [6.45, 7) is 0.869. The van der Waals surface area contributed by atoms with E-state index in [2.05, 4.69) is 45.8 Å². The van der Waals surface area contributed by atoms with E-state index in [-0.39, 0.29) is 0 Å². The largest absolute Gasteiger partial charge is 0.322 e. The van der Waals surface area contributed by atoms with Gasteiger partial charge in [-0.1, -0.05) is 30.3 Å². The van der Waals surface area contributed by atoms with Crippen LogP contribution in [0.1, 0.15) is 47.6 Å². The average Bonchev–Trinajstić information content (AvgIpc) is 3.30. The summed E-state index contributed by atoms with van der Waals surface area (Å²) < 4.78 is 2.08. The van der Waals surface area contributed by atoms with Crippen LogP contribution in [0.25, 0.3) is 5.52 Å². The van der Waals surface area contributed by atoms with Crippen molar-refractivity contribution in [2.24, 2.45) is 0 Å². The van der Waals surface area contributed by atoms with Gasteiger partial charge in [0.15, 0.2) is 0 Å². The van der Waals surface area contributed by atoms with Gasteiger partial charge in [-0.05, 0) is 48.9 Å². The van der Waals surface area contributed by atoms with Gasteiger partial charge in [0.25, 0.3) is 0 Å². The number of benzene rings is 1. The molecule has 1 saturated carbocycles. The van der Waals surface area contributed by atoms with Gasteiger partial charge in [-0.3, -0.25) is 4.90 Å². The lowest BCUT2D eigenvalue weighted by molar-refractivity contribution is 0.177. The van der Waals surface area contributed by atoms with Crippen molar-refractivity contribution in [3.63, 3.8) is 0 Å². The molecule has 1 aromatic carbocycles. The number of fused-ring (bicyclic) bond motifs is 2. The molecule has 124 valence electrons. The number of nitriles is 1. The van der Waals surface area contributed by atoms with Crippen LogP contribution in [-0.4, -0.2) is 15.3 Å². The molecule has 2 heterocycles. The number of hydrogen-bond acceptors (Lipinski definition) is 2. The third kappa shape index (κ3) is 2.45. The van der Waals surface area contributed by atoms with Gasteiger partial charge in [0.2, 0.25) is 0 Å². The maximum Gasteiger partial charge on any atom is 0.102 e. The van der Waals surface area contributed by atoms with Crippen molar-refractivity contribution in [3.8, 4) is 6.07 Å². The van der Waals surface area contributed by atoms with E-state index in [0.29, 0.717) is 12.1 Å². The molecular weight excluding hydrogens is 306 g/mol. The molecule has 0 saturated heterocycles. The summed E-state index contributed by atoms with van der Waals surface area (Å²) in [4.78, 5) is 2.65. The first-order valence-corrected chi connectivity index (χ1v) is 9.17. The summed E-state index contributed by atoms with van der Waals surface area (Å²) in [7, 11) is 0. The van der Waals surface area contributed by atoms with Crippen molar-refractivity contribution in [1.82, 2.24) is 9.30 Å². The van der Waals surface area contributed by atoms with E-state index >= 15 is 0 Å². The van der Waals surface area contributed by atoms with Gasteiger partial charge < -0.3 is 4.40 Å². The number of rotatable bonds is 4. The molecule has 1 unspecified atom stereocenters. The van der Waals surface area contributed by atoms with Crippen LogP contribution in [-0.2, 0) is 13.0 Å². The monoisotopic (exact) mass is 327 g/mol. The predicted molar refractivity (Wildman–Crippen MR) is 98.2 cm³/mol. The predicted octanol–water partition coefficient (Wildman–Crippen LogP) is 4.46. The van der Waals surface area contributed by atoms with Gasteiger partial charge in [-0.25, -0.2) is 0 Å². The van der Waals surface area contributed by atoms with Crippen molar-refractivity contribution < 1.29 is 0 Å². The summed E-state index contributed by atoms with van der Waals surface area (Å²) in [6, 6.07) is 18.6. The summed E-state index contributed by atoms with van der Waals surface area (Å²) in [5, 5.41) is 9.71. The third-order valence-electron chi connectivity index (χ3n) is 5.74. The Labute approximate surface area is 148 Å². The molecule has 2 aliphatic carbocycles. The molecule has 0 radical (unpaired) electrons. The minimum absolute atomic E-state index is 0.498. The molecule has 0 spiro atoms. The quantitative estimate of drug-likeness (QED) is 0.708. The fourth-order valence-corrected chi connectivity index (χ4v) is 4.40. The number of hydrogen-bond donors (Lipinski definition) is 0. The highest BCUT2D eigenvalue weighted by molar-refractivity contribution is 5.65. The van der Waals surface area contributed by atoms with E-state index in [1.54, 1.807) is 0 Å². The van der Waals surface area contributed by atoms with Crippen LogP contribution in [0.3, 0.4) is 0 Å². The highest BCUT2D eigenvalue weighted by Gasteiger charge is 2.37. The molecule has 0 bridgehead atoms. The number of pyridine rings is 1. The second kappa shape index (κ2) is 5.75. The number of nitrogens with zero attached hydrogens (tertiary/aromatic N) is 3. The van der Waals surface area contributed by atoms with E-state index < -0.39 is 0 Å². The molecule has 0 N–H and O–H groups in total. The second-order valence-electron chi connectivity index (χ2n) is 7.29. The lowest BCUT2D eigenvalue weighted by atomic mass is 10.1. The normalized spacial score (nSPS) is 19.3. The topological polar surface area (TPSA) is 31.4 Å². The van der Waals surface area contributed by atoms with Crippen molar-refractivity contribution >= 4 is 5.52 Å². The third-order valence-corrected chi connectivity index (χ3v) is 5.74. The van der Waals surface area contributed by atoms with E-state index in [9.17, 15) is 5.26 Å². The fourth-order valence-electron chi connectivity index (χ4n) is 4.40. The van der Waals surface area contributed by atoms with E-state index in [1.807, 2.05) is 24.4 Å². The molecule has 3 nitrogen and oxygen atoms in total. The SMILES string of the molecule is N#Cc1c(CN(C2CC2)C2CCc3ccccc32)cn2ccccc12. The van der Waals surface area contributed by atoms with Crippen LogP contribution in [0, 0.1) is 11.3 Å². The van der Waals surface area contributed by atoms with Crippen molar-refractivity contribution in [2.75, 3.05) is 0 Å². The van der Waals surface area contributed by atoms with Gasteiger partial charge in [0, 0.05) is 36.6 Å². The Hall–Kier alpha value is -2.57. The standard InChI is InChI=1S/C22H21N3/c23-13-20-17(14-24-12-4-3-7-21(20)24)15-25(18-9-10-18)22-11-8-16-5-1-2-6-19(16)22/h1-7,12,14,18,22H,8-11,15H2. The summed E-state index contributed by atoms with van der Waals surface area (Å²) in [5.74, 6) is 0. The first kappa shape index (κ1) is 14.7. The van der Waals surface area contributed by atoms with Crippen LogP contribution in [0.15, 0.2) is 54.9 Å².